The van der Waals surface area contributed by atoms with Crippen LogP contribution in [-0.2, 0) is 6.42 Å². The molecule has 0 fully saturated rings. The molecule has 0 aliphatic rings. The highest BCUT2D eigenvalue weighted by molar-refractivity contribution is 6.00. The Balaban J connectivity index is 2.26. The average molecular weight is 314 g/mol. The monoisotopic (exact) mass is 314 g/mol. The van der Waals surface area contributed by atoms with Gasteiger partial charge in [-0.2, -0.15) is 9.78 Å². The molecule has 2 rings (SSSR count). The summed E-state index contributed by atoms with van der Waals surface area (Å²) >= 11 is 0. The van der Waals surface area contributed by atoms with Gasteiger partial charge < -0.3 is 5.21 Å². The predicted octanol–water partition coefficient (Wildman–Crippen LogP) is 4.21. The molecule has 0 saturated carbocycles. The zero-order valence-electron chi connectivity index (χ0n) is 14.2. The largest absolute Gasteiger partial charge is 0.409 e. The van der Waals surface area contributed by atoms with E-state index in [4.69, 9.17) is 0 Å². The zero-order valence-corrected chi connectivity index (χ0v) is 14.2. The van der Waals surface area contributed by atoms with E-state index < -0.39 is 0 Å². The van der Waals surface area contributed by atoms with Gasteiger partial charge in [0.15, 0.2) is 0 Å². The summed E-state index contributed by atoms with van der Waals surface area (Å²) in [5, 5.41) is 16.9. The summed E-state index contributed by atoms with van der Waals surface area (Å²) in [4.78, 5) is 3.93. The van der Waals surface area contributed by atoms with E-state index >= 15 is 0 Å². The Morgan fingerprint density at radius 2 is 2.09 bits per heavy atom. The second-order valence-corrected chi connectivity index (χ2v) is 6.15. The highest BCUT2D eigenvalue weighted by Crippen LogP contribution is 2.23. The minimum Gasteiger partial charge on any atom is -0.409 e. The van der Waals surface area contributed by atoms with E-state index in [0.717, 1.165) is 12.0 Å². The van der Waals surface area contributed by atoms with Crippen LogP contribution in [0.3, 0.4) is 0 Å². The SMILES string of the molecule is CCCCCCc1ccc(C(=NO)n2cncn2)c(C(C)C)c1. The van der Waals surface area contributed by atoms with Crippen molar-refractivity contribution >= 4 is 5.84 Å². The number of aryl methyl sites for hydroxylation is 1. The zero-order chi connectivity index (χ0) is 16.7. The summed E-state index contributed by atoms with van der Waals surface area (Å²) in [6, 6.07) is 6.38. The maximum Gasteiger partial charge on any atom is 0.201 e. The molecule has 0 atom stereocenters. The summed E-state index contributed by atoms with van der Waals surface area (Å²) in [5.41, 5.74) is 3.40. The maximum atomic E-state index is 9.43. The standard InChI is InChI=1S/C18H26N4O/c1-4-5-6-7-8-15-9-10-16(17(11-15)14(2)3)18(21-23)22-13-19-12-20-22/h9-14,23H,4-8H2,1-3H3. The van der Waals surface area contributed by atoms with Crippen molar-refractivity contribution in [2.75, 3.05) is 0 Å². The van der Waals surface area contributed by atoms with Crippen molar-refractivity contribution in [1.29, 1.82) is 0 Å². The molecule has 0 saturated heterocycles. The van der Waals surface area contributed by atoms with Gasteiger partial charge in [-0.15, -0.1) is 0 Å². The lowest BCUT2D eigenvalue weighted by molar-refractivity contribution is 0.316. The molecular weight excluding hydrogens is 288 g/mol. The van der Waals surface area contributed by atoms with Crippen LogP contribution in [0.1, 0.15) is 69.1 Å². The van der Waals surface area contributed by atoms with Crippen molar-refractivity contribution in [3.05, 3.63) is 47.5 Å². The number of benzene rings is 1. The van der Waals surface area contributed by atoms with E-state index in [9.17, 15) is 5.21 Å². The number of hydrogen-bond acceptors (Lipinski definition) is 4. The smallest absolute Gasteiger partial charge is 0.201 e. The first-order valence-electron chi connectivity index (χ1n) is 8.37. The lowest BCUT2D eigenvalue weighted by Gasteiger charge is -2.15. The van der Waals surface area contributed by atoms with Crippen LogP contribution in [-0.4, -0.2) is 25.8 Å². The average Bonchev–Trinajstić information content (AvgIpc) is 3.07. The van der Waals surface area contributed by atoms with Gasteiger partial charge in [-0.05, 0) is 29.9 Å². The molecule has 0 bridgehead atoms. The van der Waals surface area contributed by atoms with Gasteiger partial charge in [0.25, 0.3) is 0 Å². The van der Waals surface area contributed by atoms with Crippen molar-refractivity contribution in [2.24, 2.45) is 5.16 Å². The summed E-state index contributed by atoms with van der Waals surface area (Å²) in [6.45, 7) is 6.53. The van der Waals surface area contributed by atoms with Crippen LogP contribution in [0.5, 0.6) is 0 Å². The number of oxime groups is 1. The Kier molecular flexibility index (Phi) is 6.32. The van der Waals surface area contributed by atoms with Gasteiger partial charge >= 0.3 is 0 Å². The van der Waals surface area contributed by atoms with E-state index in [0.29, 0.717) is 11.8 Å². The molecule has 23 heavy (non-hydrogen) atoms. The minimum absolute atomic E-state index is 0.334. The Labute approximate surface area is 138 Å². The summed E-state index contributed by atoms with van der Waals surface area (Å²) in [7, 11) is 0. The van der Waals surface area contributed by atoms with Gasteiger partial charge in [0, 0.05) is 5.56 Å². The van der Waals surface area contributed by atoms with Gasteiger partial charge in [0.1, 0.15) is 12.7 Å². The molecule has 0 amide bonds. The Morgan fingerprint density at radius 1 is 1.26 bits per heavy atom. The fourth-order valence-corrected chi connectivity index (χ4v) is 2.75. The molecule has 0 spiro atoms. The molecule has 0 radical (unpaired) electrons. The Hall–Kier alpha value is -2.17. The van der Waals surface area contributed by atoms with E-state index in [-0.39, 0.29) is 0 Å². The van der Waals surface area contributed by atoms with Crippen LogP contribution >= 0.6 is 0 Å². The highest BCUT2D eigenvalue weighted by Gasteiger charge is 2.16. The fraction of sp³-hybridized carbons (Fsp3) is 0.500. The van der Waals surface area contributed by atoms with E-state index in [1.165, 1.54) is 54.1 Å². The van der Waals surface area contributed by atoms with Crippen molar-refractivity contribution in [2.45, 2.75) is 58.8 Å². The summed E-state index contributed by atoms with van der Waals surface area (Å²) in [5.74, 6) is 0.740. The highest BCUT2D eigenvalue weighted by atomic mass is 16.4. The first-order chi connectivity index (χ1) is 11.2. The van der Waals surface area contributed by atoms with Gasteiger partial charge in [0.05, 0.1) is 0 Å². The number of hydrogen-bond donors (Lipinski definition) is 1. The van der Waals surface area contributed by atoms with Crippen LogP contribution in [0.2, 0.25) is 0 Å². The van der Waals surface area contributed by atoms with E-state index in [1.54, 1.807) is 0 Å². The molecule has 1 aromatic carbocycles. The molecule has 1 heterocycles. The van der Waals surface area contributed by atoms with Crippen LogP contribution in [0, 0.1) is 0 Å². The molecule has 5 nitrogen and oxygen atoms in total. The maximum absolute atomic E-state index is 9.43. The third kappa shape index (κ3) is 4.41. The summed E-state index contributed by atoms with van der Waals surface area (Å²) in [6.07, 6.45) is 9.11. The van der Waals surface area contributed by atoms with E-state index in [2.05, 4.69) is 48.1 Å². The van der Waals surface area contributed by atoms with Gasteiger partial charge in [0.2, 0.25) is 5.84 Å². The molecule has 2 aromatic rings. The topological polar surface area (TPSA) is 63.3 Å². The number of rotatable bonds is 7. The molecule has 0 aliphatic carbocycles. The van der Waals surface area contributed by atoms with Crippen LogP contribution in [0.4, 0.5) is 0 Å². The molecule has 0 aliphatic heterocycles. The van der Waals surface area contributed by atoms with Gasteiger partial charge in [-0.25, -0.2) is 4.98 Å². The predicted molar refractivity (Wildman–Crippen MR) is 92.1 cm³/mol. The minimum atomic E-state index is 0.334. The third-order valence-corrected chi connectivity index (χ3v) is 4.03. The first kappa shape index (κ1) is 17.2. The Bertz CT molecular complexity index is 632. The van der Waals surface area contributed by atoms with Crippen molar-refractivity contribution in [1.82, 2.24) is 14.8 Å². The number of nitrogens with zero attached hydrogens (tertiary/aromatic N) is 4. The lowest BCUT2D eigenvalue weighted by Crippen LogP contribution is -2.17. The third-order valence-electron chi connectivity index (χ3n) is 4.03. The molecule has 0 unspecified atom stereocenters. The van der Waals surface area contributed by atoms with Crippen molar-refractivity contribution < 1.29 is 5.21 Å². The van der Waals surface area contributed by atoms with E-state index in [1.807, 2.05) is 6.07 Å². The molecule has 1 aromatic heterocycles. The van der Waals surface area contributed by atoms with Crippen LogP contribution in [0.25, 0.3) is 0 Å². The lowest BCUT2D eigenvalue weighted by atomic mass is 9.92. The second-order valence-electron chi connectivity index (χ2n) is 6.15. The van der Waals surface area contributed by atoms with Gasteiger partial charge in [-0.1, -0.05) is 63.4 Å². The summed E-state index contributed by atoms with van der Waals surface area (Å²) < 4.78 is 1.49. The molecular formula is C18H26N4O. The molecule has 124 valence electrons. The second kappa shape index (κ2) is 8.46. The molecule has 5 heteroatoms. The Morgan fingerprint density at radius 3 is 2.70 bits per heavy atom. The van der Waals surface area contributed by atoms with Crippen LogP contribution in [0.15, 0.2) is 36.0 Å². The van der Waals surface area contributed by atoms with Gasteiger partial charge in [-0.3, -0.25) is 0 Å². The van der Waals surface area contributed by atoms with Crippen molar-refractivity contribution in [3.8, 4) is 0 Å². The number of aromatic nitrogens is 3. The van der Waals surface area contributed by atoms with Crippen LogP contribution < -0.4 is 0 Å². The fourth-order valence-electron chi connectivity index (χ4n) is 2.75. The van der Waals surface area contributed by atoms with Crippen molar-refractivity contribution in [3.63, 3.8) is 0 Å². The first-order valence-corrected chi connectivity index (χ1v) is 8.37. The molecule has 1 N–H and O–H groups in total. The normalized spacial score (nSPS) is 12.1. The number of unbranched alkanes of at least 4 members (excludes halogenated alkanes) is 3. The quantitative estimate of drug-likeness (QED) is 0.274.